The van der Waals surface area contributed by atoms with Gasteiger partial charge in [0, 0.05) is 29.8 Å². The zero-order chi connectivity index (χ0) is 17.6. The number of nitrogens with one attached hydrogen (secondary N) is 2. The number of furan rings is 1. The Hall–Kier alpha value is -1.29. The van der Waals surface area contributed by atoms with E-state index in [0.717, 1.165) is 22.3 Å². The Morgan fingerprint density at radius 3 is 2.56 bits per heavy atom. The third-order valence-electron chi connectivity index (χ3n) is 3.81. The molecule has 140 valence electrons. The Morgan fingerprint density at radius 1 is 1.20 bits per heavy atom. The van der Waals surface area contributed by atoms with E-state index in [4.69, 9.17) is 4.42 Å². The van der Waals surface area contributed by atoms with Crippen molar-refractivity contribution in [3.8, 4) is 0 Å². The zero-order valence-corrected chi connectivity index (χ0v) is 18.0. The molecule has 0 radical (unpaired) electrons. The summed E-state index contributed by atoms with van der Waals surface area (Å²) in [5.41, 5.74) is 1.94. The average Bonchev–Trinajstić information content (AvgIpc) is 2.89. The molecule has 8 heteroatoms. The standard InChI is InChI=1S/C17H25N3O3S.HI/c1-4-18-17(19-10-11-24(21,22)5-2)20-12-16-13(3)14-8-6-7-9-15(14)23-16;/h6-9H,4-5,10-12H2,1-3H3,(H2,18,19,20);1H. The van der Waals surface area contributed by atoms with Crippen molar-refractivity contribution >= 4 is 50.7 Å². The van der Waals surface area contributed by atoms with Crippen LogP contribution in [-0.2, 0) is 16.4 Å². The van der Waals surface area contributed by atoms with Crippen LogP contribution in [0.5, 0.6) is 0 Å². The van der Waals surface area contributed by atoms with Crippen LogP contribution < -0.4 is 10.6 Å². The molecular weight excluding hydrogens is 453 g/mol. The summed E-state index contributed by atoms with van der Waals surface area (Å²) in [6, 6.07) is 7.89. The van der Waals surface area contributed by atoms with E-state index < -0.39 is 9.84 Å². The second-order valence-electron chi connectivity index (χ2n) is 5.50. The molecule has 0 atom stereocenters. The lowest BCUT2D eigenvalue weighted by atomic mass is 10.1. The number of guanidine groups is 1. The molecular formula is C17H26IN3O3S. The van der Waals surface area contributed by atoms with Crippen molar-refractivity contribution in [2.24, 2.45) is 4.99 Å². The van der Waals surface area contributed by atoms with E-state index in [9.17, 15) is 8.42 Å². The van der Waals surface area contributed by atoms with Gasteiger partial charge in [-0.15, -0.1) is 24.0 Å². The highest BCUT2D eigenvalue weighted by molar-refractivity contribution is 14.0. The quantitative estimate of drug-likeness (QED) is 0.363. The molecule has 0 aliphatic rings. The fourth-order valence-corrected chi connectivity index (χ4v) is 3.04. The van der Waals surface area contributed by atoms with Crippen molar-refractivity contribution in [3.63, 3.8) is 0 Å². The summed E-state index contributed by atoms with van der Waals surface area (Å²) in [4.78, 5) is 4.49. The smallest absolute Gasteiger partial charge is 0.191 e. The lowest BCUT2D eigenvalue weighted by Crippen LogP contribution is -2.39. The van der Waals surface area contributed by atoms with Gasteiger partial charge >= 0.3 is 0 Å². The molecule has 2 rings (SSSR count). The molecule has 0 bridgehead atoms. The van der Waals surface area contributed by atoms with Crippen molar-refractivity contribution in [3.05, 3.63) is 35.6 Å². The van der Waals surface area contributed by atoms with E-state index in [1.165, 1.54) is 0 Å². The molecule has 2 N–H and O–H groups in total. The molecule has 1 heterocycles. The Bertz CT molecular complexity index is 816. The van der Waals surface area contributed by atoms with E-state index in [0.29, 0.717) is 25.6 Å². The summed E-state index contributed by atoms with van der Waals surface area (Å²) >= 11 is 0. The molecule has 1 aromatic heterocycles. The second kappa shape index (κ2) is 10.0. The molecule has 25 heavy (non-hydrogen) atoms. The number of para-hydroxylation sites is 1. The minimum absolute atomic E-state index is 0. The van der Waals surface area contributed by atoms with Crippen molar-refractivity contribution in [1.29, 1.82) is 0 Å². The Labute approximate surface area is 166 Å². The van der Waals surface area contributed by atoms with Crippen molar-refractivity contribution in [1.82, 2.24) is 10.6 Å². The molecule has 0 aliphatic heterocycles. The van der Waals surface area contributed by atoms with Gasteiger partial charge in [0.25, 0.3) is 0 Å². The third kappa shape index (κ3) is 6.18. The van der Waals surface area contributed by atoms with Gasteiger partial charge in [-0.25, -0.2) is 13.4 Å². The van der Waals surface area contributed by atoms with E-state index >= 15 is 0 Å². The van der Waals surface area contributed by atoms with E-state index in [-0.39, 0.29) is 35.5 Å². The first kappa shape index (κ1) is 21.8. The molecule has 6 nitrogen and oxygen atoms in total. The van der Waals surface area contributed by atoms with Crippen LogP contribution in [0.2, 0.25) is 0 Å². The van der Waals surface area contributed by atoms with Crippen molar-refractivity contribution in [2.45, 2.75) is 27.3 Å². The van der Waals surface area contributed by atoms with Crippen LogP contribution in [0.15, 0.2) is 33.7 Å². The fraction of sp³-hybridized carbons (Fsp3) is 0.471. The molecule has 0 saturated heterocycles. The van der Waals surface area contributed by atoms with Crippen LogP contribution >= 0.6 is 24.0 Å². The van der Waals surface area contributed by atoms with Crippen molar-refractivity contribution < 1.29 is 12.8 Å². The molecule has 0 aliphatic carbocycles. The summed E-state index contributed by atoms with van der Waals surface area (Å²) in [7, 11) is -2.99. The maximum absolute atomic E-state index is 11.5. The SMILES string of the molecule is CCNC(=NCc1oc2ccccc2c1C)NCCS(=O)(=O)CC.I. The minimum atomic E-state index is -2.99. The molecule has 0 fully saturated rings. The van der Waals surface area contributed by atoms with Crippen molar-refractivity contribution in [2.75, 3.05) is 24.6 Å². The monoisotopic (exact) mass is 479 g/mol. The number of aryl methyl sites for hydroxylation is 1. The van der Waals surface area contributed by atoms with Gasteiger partial charge in [0.15, 0.2) is 15.8 Å². The number of nitrogens with zero attached hydrogens (tertiary/aromatic N) is 1. The lowest BCUT2D eigenvalue weighted by Gasteiger charge is -2.10. The summed E-state index contributed by atoms with van der Waals surface area (Å²) in [5.74, 6) is 1.65. The lowest BCUT2D eigenvalue weighted by molar-refractivity contribution is 0.548. The number of hydrogen-bond donors (Lipinski definition) is 2. The largest absolute Gasteiger partial charge is 0.459 e. The maximum Gasteiger partial charge on any atom is 0.191 e. The second-order valence-corrected chi connectivity index (χ2v) is 7.98. The molecule has 0 saturated carbocycles. The first-order chi connectivity index (χ1) is 11.5. The van der Waals surface area contributed by atoms with Crippen LogP contribution in [0.3, 0.4) is 0 Å². The number of benzene rings is 1. The highest BCUT2D eigenvalue weighted by atomic mass is 127. The number of rotatable bonds is 7. The highest BCUT2D eigenvalue weighted by Gasteiger charge is 2.10. The summed E-state index contributed by atoms with van der Waals surface area (Å²) < 4.78 is 28.9. The van der Waals surface area contributed by atoms with Crippen LogP contribution in [0.25, 0.3) is 11.0 Å². The van der Waals surface area contributed by atoms with Crippen LogP contribution in [-0.4, -0.2) is 39.0 Å². The van der Waals surface area contributed by atoms with Gasteiger partial charge < -0.3 is 15.1 Å². The van der Waals surface area contributed by atoms with Gasteiger partial charge in [-0.2, -0.15) is 0 Å². The average molecular weight is 479 g/mol. The number of aliphatic imine (C=N–C) groups is 1. The van der Waals surface area contributed by atoms with E-state index in [2.05, 4.69) is 15.6 Å². The number of halogens is 1. The van der Waals surface area contributed by atoms with Gasteiger partial charge in [0.1, 0.15) is 17.9 Å². The van der Waals surface area contributed by atoms with E-state index in [1.54, 1.807) is 6.92 Å². The zero-order valence-electron chi connectivity index (χ0n) is 14.8. The summed E-state index contributed by atoms with van der Waals surface area (Å²) in [6.07, 6.45) is 0. The molecule has 1 aromatic carbocycles. The Morgan fingerprint density at radius 2 is 1.92 bits per heavy atom. The van der Waals surface area contributed by atoms with Crippen LogP contribution in [0.4, 0.5) is 0 Å². The van der Waals surface area contributed by atoms with Gasteiger partial charge in [-0.3, -0.25) is 0 Å². The van der Waals surface area contributed by atoms with Gasteiger partial charge in [0.05, 0.1) is 5.75 Å². The number of sulfone groups is 1. The summed E-state index contributed by atoms with van der Waals surface area (Å²) in [6.45, 7) is 7.07. The van der Waals surface area contributed by atoms with Crippen LogP contribution in [0.1, 0.15) is 25.2 Å². The predicted molar refractivity (Wildman–Crippen MR) is 114 cm³/mol. The molecule has 2 aromatic rings. The minimum Gasteiger partial charge on any atom is -0.459 e. The third-order valence-corrected chi connectivity index (χ3v) is 5.52. The van der Waals surface area contributed by atoms with E-state index in [1.807, 2.05) is 38.1 Å². The predicted octanol–water partition coefficient (Wildman–Crippen LogP) is 2.85. The van der Waals surface area contributed by atoms with Gasteiger partial charge in [-0.05, 0) is 19.9 Å². The normalized spacial score (nSPS) is 12.0. The molecule has 0 amide bonds. The highest BCUT2D eigenvalue weighted by Crippen LogP contribution is 2.25. The molecule has 0 spiro atoms. The van der Waals surface area contributed by atoms with Gasteiger partial charge in [-0.1, -0.05) is 25.1 Å². The Balaban J connectivity index is 0.00000312. The molecule has 0 unspecified atom stereocenters. The Kier molecular flexibility index (Phi) is 8.70. The first-order valence-electron chi connectivity index (χ1n) is 8.16. The summed E-state index contributed by atoms with van der Waals surface area (Å²) in [5, 5.41) is 7.26. The van der Waals surface area contributed by atoms with Crippen LogP contribution in [0, 0.1) is 6.92 Å². The topological polar surface area (TPSA) is 83.7 Å². The first-order valence-corrected chi connectivity index (χ1v) is 9.98. The fourth-order valence-electron chi connectivity index (χ4n) is 2.34. The number of hydrogen-bond acceptors (Lipinski definition) is 4. The maximum atomic E-state index is 11.5. The van der Waals surface area contributed by atoms with Gasteiger partial charge in [0.2, 0.25) is 0 Å². The number of fused-ring (bicyclic) bond motifs is 1.